The number of urea groups is 1. The molecular weight excluding hydrogens is 324 g/mol. The molecule has 2 rings (SSSR count). The highest BCUT2D eigenvalue weighted by atomic mass is 79.9. The van der Waals surface area contributed by atoms with Crippen LogP contribution < -0.4 is 15.4 Å². The highest BCUT2D eigenvalue weighted by Gasteiger charge is 2.28. The molecule has 0 radical (unpaired) electrons. The third-order valence-corrected chi connectivity index (χ3v) is 3.83. The number of benzene rings is 1. The van der Waals surface area contributed by atoms with Crippen LogP contribution in [0.4, 0.5) is 10.5 Å². The molecule has 1 saturated heterocycles. The van der Waals surface area contributed by atoms with E-state index in [0.29, 0.717) is 24.7 Å². The van der Waals surface area contributed by atoms with Crippen LogP contribution in [0.3, 0.4) is 0 Å². The molecule has 1 aliphatic heterocycles. The maximum Gasteiger partial charge on any atom is 0.319 e. The van der Waals surface area contributed by atoms with Crippen LogP contribution in [0.15, 0.2) is 22.7 Å². The van der Waals surface area contributed by atoms with Gasteiger partial charge in [0, 0.05) is 35.0 Å². The number of methoxy groups -OCH3 is 1. The van der Waals surface area contributed by atoms with Crippen LogP contribution in [0.25, 0.3) is 0 Å². The zero-order chi connectivity index (χ0) is 14.6. The molecule has 1 aromatic carbocycles. The summed E-state index contributed by atoms with van der Waals surface area (Å²) in [6.45, 7) is 3.40. The van der Waals surface area contributed by atoms with Gasteiger partial charge in [0.15, 0.2) is 0 Å². The maximum absolute atomic E-state index is 12.1. The average molecular weight is 343 g/mol. The van der Waals surface area contributed by atoms with Crippen LogP contribution in [0.2, 0.25) is 0 Å². The van der Waals surface area contributed by atoms with Crippen molar-refractivity contribution in [1.82, 2.24) is 5.32 Å². The van der Waals surface area contributed by atoms with Gasteiger partial charge in [0.25, 0.3) is 0 Å². The summed E-state index contributed by atoms with van der Waals surface area (Å²) in [6.07, 6.45) is 1.64. The molecule has 0 aliphatic carbocycles. The highest BCUT2D eigenvalue weighted by Crippen LogP contribution is 2.25. The predicted molar refractivity (Wildman–Crippen MR) is 81.3 cm³/mol. The van der Waals surface area contributed by atoms with Crippen molar-refractivity contribution in [3.8, 4) is 5.75 Å². The summed E-state index contributed by atoms with van der Waals surface area (Å²) < 4.78 is 11.3. The molecule has 110 valence electrons. The van der Waals surface area contributed by atoms with Gasteiger partial charge in [0.05, 0.1) is 7.11 Å². The van der Waals surface area contributed by atoms with Gasteiger partial charge in [-0.3, -0.25) is 0 Å². The van der Waals surface area contributed by atoms with E-state index in [2.05, 4.69) is 26.6 Å². The Bertz CT molecular complexity index is 487. The average Bonchev–Trinajstić information content (AvgIpc) is 2.37. The van der Waals surface area contributed by atoms with Crippen LogP contribution >= 0.6 is 15.9 Å². The van der Waals surface area contributed by atoms with E-state index in [1.165, 1.54) is 0 Å². The zero-order valence-corrected chi connectivity index (χ0v) is 13.2. The molecule has 1 heterocycles. The van der Waals surface area contributed by atoms with Crippen molar-refractivity contribution in [2.24, 2.45) is 0 Å². The van der Waals surface area contributed by atoms with Crippen LogP contribution in [0, 0.1) is 0 Å². The van der Waals surface area contributed by atoms with Crippen molar-refractivity contribution in [3.63, 3.8) is 0 Å². The van der Waals surface area contributed by atoms with Gasteiger partial charge in [0.2, 0.25) is 0 Å². The molecule has 1 aliphatic rings. The number of hydrogen-bond donors (Lipinski definition) is 2. The number of carbonyl (C=O) groups excluding carboxylic acids is 1. The van der Waals surface area contributed by atoms with Crippen molar-refractivity contribution in [1.29, 1.82) is 0 Å². The second kappa shape index (κ2) is 6.45. The van der Waals surface area contributed by atoms with E-state index in [9.17, 15) is 4.79 Å². The maximum atomic E-state index is 12.1. The lowest BCUT2D eigenvalue weighted by Crippen LogP contribution is -2.51. The van der Waals surface area contributed by atoms with E-state index in [1.807, 2.05) is 19.1 Å². The normalized spacial score (nSPS) is 17.4. The van der Waals surface area contributed by atoms with Crippen molar-refractivity contribution in [3.05, 3.63) is 22.7 Å². The van der Waals surface area contributed by atoms with Gasteiger partial charge in [-0.15, -0.1) is 0 Å². The van der Waals surface area contributed by atoms with Crippen molar-refractivity contribution < 1.29 is 14.3 Å². The zero-order valence-electron chi connectivity index (χ0n) is 11.7. The Hall–Kier alpha value is -1.27. The van der Waals surface area contributed by atoms with Gasteiger partial charge in [-0.1, -0.05) is 15.9 Å². The summed E-state index contributed by atoms with van der Waals surface area (Å²) >= 11 is 3.38. The lowest BCUT2D eigenvalue weighted by atomic mass is 9.93. The first-order chi connectivity index (χ1) is 9.50. The number of amides is 2. The fraction of sp³-hybridized carbons (Fsp3) is 0.500. The lowest BCUT2D eigenvalue weighted by molar-refractivity contribution is 0.0500. The van der Waals surface area contributed by atoms with Gasteiger partial charge < -0.3 is 20.1 Å². The van der Waals surface area contributed by atoms with E-state index < -0.39 is 0 Å². The number of halogens is 1. The summed E-state index contributed by atoms with van der Waals surface area (Å²) in [5, 5.41) is 5.84. The predicted octanol–water partition coefficient (Wildman–Crippen LogP) is 3.15. The van der Waals surface area contributed by atoms with Gasteiger partial charge in [0.1, 0.15) is 5.75 Å². The lowest BCUT2D eigenvalue weighted by Gasteiger charge is -2.34. The van der Waals surface area contributed by atoms with Gasteiger partial charge in [-0.25, -0.2) is 4.79 Å². The topological polar surface area (TPSA) is 59.6 Å². The molecule has 1 aromatic rings. The van der Waals surface area contributed by atoms with Crippen LogP contribution in [-0.2, 0) is 4.74 Å². The molecule has 1 fully saturated rings. The molecule has 0 spiro atoms. The Morgan fingerprint density at radius 3 is 2.70 bits per heavy atom. The van der Waals surface area contributed by atoms with Crippen LogP contribution in [0.1, 0.15) is 19.8 Å². The number of anilines is 1. The van der Waals surface area contributed by atoms with Crippen molar-refractivity contribution in [2.45, 2.75) is 25.3 Å². The third kappa shape index (κ3) is 4.11. The second-order valence-electron chi connectivity index (χ2n) is 5.13. The SMILES string of the molecule is COc1cc(Br)cc(NC(=O)NC2(C)CCOCC2)c1. The summed E-state index contributed by atoms with van der Waals surface area (Å²) in [7, 11) is 1.59. The van der Waals surface area contributed by atoms with Crippen molar-refractivity contribution >= 4 is 27.6 Å². The van der Waals surface area contributed by atoms with Crippen LogP contribution in [-0.4, -0.2) is 31.9 Å². The molecule has 6 heteroatoms. The number of nitrogens with one attached hydrogen (secondary N) is 2. The van der Waals surface area contributed by atoms with Crippen LogP contribution in [0.5, 0.6) is 5.75 Å². The first-order valence-corrected chi connectivity index (χ1v) is 7.31. The van der Waals surface area contributed by atoms with Gasteiger partial charge >= 0.3 is 6.03 Å². The molecule has 5 nitrogen and oxygen atoms in total. The largest absolute Gasteiger partial charge is 0.497 e. The van der Waals surface area contributed by atoms with Gasteiger partial charge in [-0.05, 0) is 31.9 Å². The molecule has 20 heavy (non-hydrogen) atoms. The van der Waals surface area contributed by atoms with E-state index >= 15 is 0 Å². The standard InChI is InChI=1S/C14H19BrN2O3/c1-14(3-5-20-6-4-14)17-13(18)16-11-7-10(15)8-12(9-11)19-2/h7-9H,3-6H2,1-2H3,(H2,16,17,18). The van der Waals surface area contributed by atoms with E-state index in [-0.39, 0.29) is 11.6 Å². The molecule has 2 N–H and O–H groups in total. The Balaban J connectivity index is 1.99. The van der Waals surface area contributed by atoms with E-state index in [1.54, 1.807) is 13.2 Å². The Labute approximate surface area is 127 Å². The molecule has 0 saturated carbocycles. The number of rotatable bonds is 3. The first kappa shape index (κ1) is 15.1. The van der Waals surface area contributed by atoms with Crippen molar-refractivity contribution in [2.75, 3.05) is 25.6 Å². The third-order valence-electron chi connectivity index (χ3n) is 3.38. The number of carbonyl (C=O) groups is 1. The minimum Gasteiger partial charge on any atom is -0.497 e. The fourth-order valence-corrected chi connectivity index (χ4v) is 2.61. The molecule has 0 aromatic heterocycles. The quantitative estimate of drug-likeness (QED) is 0.886. The molecular formula is C14H19BrN2O3. The second-order valence-corrected chi connectivity index (χ2v) is 6.05. The molecule has 0 unspecified atom stereocenters. The summed E-state index contributed by atoms with van der Waals surface area (Å²) in [5.41, 5.74) is 0.475. The summed E-state index contributed by atoms with van der Waals surface area (Å²) in [5.74, 6) is 0.687. The molecule has 0 bridgehead atoms. The molecule has 2 amide bonds. The molecule has 0 atom stereocenters. The Kier molecular flexibility index (Phi) is 4.88. The van der Waals surface area contributed by atoms with Gasteiger partial charge in [-0.2, -0.15) is 0 Å². The Morgan fingerprint density at radius 1 is 1.35 bits per heavy atom. The highest BCUT2D eigenvalue weighted by molar-refractivity contribution is 9.10. The monoisotopic (exact) mass is 342 g/mol. The number of hydrogen-bond acceptors (Lipinski definition) is 3. The first-order valence-electron chi connectivity index (χ1n) is 6.52. The minimum absolute atomic E-state index is 0.210. The summed E-state index contributed by atoms with van der Waals surface area (Å²) in [4.78, 5) is 12.1. The van der Waals surface area contributed by atoms with E-state index in [4.69, 9.17) is 9.47 Å². The fourth-order valence-electron chi connectivity index (χ4n) is 2.14. The smallest absolute Gasteiger partial charge is 0.319 e. The number of ether oxygens (including phenoxy) is 2. The van der Waals surface area contributed by atoms with E-state index in [0.717, 1.165) is 17.3 Å². The minimum atomic E-state index is -0.213. The Morgan fingerprint density at radius 2 is 2.05 bits per heavy atom. The summed E-state index contributed by atoms with van der Waals surface area (Å²) in [6, 6.07) is 5.23.